The monoisotopic (exact) mass is 488 g/mol. The third-order valence-electron chi connectivity index (χ3n) is 4.13. The highest BCUT2D eigenvalue weighted by Crippen LogP contribution is 2.30. The van der Waals surface area contributed by atoms with Crippen LogP contribution < -0.4 is 14.8 Å². The molecule has 1 aromatic heterocycles. The number of methoxy groups -OCH3 is 2. The summed E-state index contributed by atoms with van der Waals surface area (Å²) in [6.45, 7) is 4.35. The Labute approximate surface area is 187 Å². The Morgan fingerprint density at radius 1 is 1.17 bits per heavy atom. The van der Waals surface area contributed by atoms with Crippen LogP contribution in [0.3, 0.4) is 0 Å². The van der Waals surface area contributed by atoms with Gasteiger partial charge in [-0.15, -0.1) is 16.8 Å². The SMILES string of the molecule is C=CCn1c(SCC(=O)Nc2ccc(OC)c(OC)c2)nnc1-c1ccc(Br)cc1. The lowest BCUT2D eigenvalue weighted by atomic mass is 10.2. The molecule has 0 bridgehead atoms. The highest BCUT2D eigenvalue weighted by Gasteiger charge is 2.15. The van der Waals surface area contributed by atoms with Crippen LogP contribution in [0.5, 0.6) is 11.5 Å². The molecule has 0 aliphatic heterocycles. The Bertz CT molecular complexity index is 1040. The minimum atomic E-state index is -0.162. The first-order valence-corrected chi connectivity index (χ1v) is 10.8. The number of nitrogens with zero attached hydrogens (tertiary/aromatic N) is 3. The van der Waals surface area contributed by atoms with E-state index in [0.29, 0.717) is 28.9 Å². The molecular weight excluding hydrogens is 468 g/mol. The minimum absolute atomic E-state index is 0.162. The van der Waals surface area contributed by atoms with E-state index in [9.17, 15) is 4.79 Å². The number of carbonyl (C=O) groups is 1. The predicted molar refractivity (Wildman–Crippen MR) is 122 cm³/mol. The number of nitrogens with one attached hydrogen (secondary N) is 1. The molecule has 1 amide bonds. The number of amides is 1. The van der Waals surface area contributed by atoms with Crippen LogP contribution in [0.2, 0.25) is 0 Å². The Morgan fingerprint density at radius 3 is 2.57 bits per heavy atom. The van der Waals surface area contributed by atoms with Crippen molar-refractivity contribution in [3.05, 3.63) is 59.6 Å². The Hall–Kier alpha value is -2.78. The van der Waals surface area contributed by atoms with Gasteiger partial charge in [0.1, 0.15) is 0 Å². The summed E-state index contributed by atoms with van der Waals surface area (Å²) in [5.74, 6) is 1.90. The highest BCUT2D eigenvalue weighted by atomic mass is 79.9. The van der Waals surface area contributed by atoms with Gasteiger partial charge in [0.2, 0.25) is 5.91 Å². The molecule has 0 spiro atoms. The molecule has 30 heavy (non-hydrogen) atoms. The molecule has 0 fully saturated rings. The molecule has 3 aromatic rings. The van der Waals surface area contributed by atoms with Gasteiger partial charge in [0.15, 0.2) is 22.5 Å². The van der Waals surface area contributed by atoms with E-state index in [0.717, 1.165) is 15.9 Å². The van der Waals surface area contributed by atoms with Crippen molar-refractivity contribution in [2.75, 3.05) is 25.3 Å². The van der Waals surface area contributed by atoms with E-state index in [1.54, 1.807) is 38.5 Å². The van der Waals surface area contributed by atoms with Crippen LogP contribution in [0.4, 0.5) is 5.69 Å². The van der Waals surface area contributed by atoms with E-state index in [1.165, 1.54) is 11.8 Å². The van der Waals surface area contributed by atoms with Gasteiger partial charge >= 0.3 is 0 Å². The van der Waals surface area contributed by atoms with Gasteiger partial charge < -0.3 is 14.8 Å². The van der Waals surface area contributed by atoms with Gasteiger partial charge in [0.25, 0.3) is 0 Å². The molecule has 2 aromatic carbocycles. The summed E-state index contributed by atoms with van der Waals surface area (Å²) in [4.78, 5) is 12.4. The van der Waals surface area contributed by atoms with E-state index in [2.05, 4.69) is 38.0 Å². The average molecular weight is 489 g/mol. The fourth-order valence-electron chi connectivity index (χ4n) is 2.74. The van der Waals surface area contributed by atoms with Crippen molar-refractivity contribution in [3.63, 3.8) is 0 Å². The normalized spacial score (nSPS) is 10.5. The summed E-state index contributed by atoms with van der Waals surface area (Å²) in [6, 6.07) is 13.0. The van der Waals surface area contributed by atoms with E-state index >= 15 is 0 Å². The van der Waals surface area contributed by atoms with Crippen LogP contribution in [0.15, 0.2) is 64.7 Å². The summed E-state index contributed by atoms with van der Waals surface area (Å²) in [5.41, 5.74) is 1.57. The van der Waals surface area contributed by atoms with E-state index < -0.39 is 0 Å². The van der Waals surface area contributed by atoms with Crippen molar-refractivity contribution in [1.29, 1.82) is 0 Å². The molecule has 0 saturated carbocycles. The molecule has 1 heterocycles. The second kappa shape index (κ2) is 10.3. The van der Waals surface area contributed by atoms with Crippen LogP contribution in [0, 0.1) is 0 Å². The number of halogens is 1. The van der Waals surface area contributed by atoms with Crippen molar-refractivity contribution in [2.45, 2.75) is 11.7 Å². The molecule has 0 radical (unpaired) electrons. The van der Waals surface area contributed by atoms with Crippen LogP contribution in [-0.4, -0.2) is 40.6 Å². The fourth-order valence-corrected chi connectivity index (χ4v) is 3.75. The number of carbonyl (C=O) groups excluding carboxylic acids is 1. The van der Waals surface area contributed by atoms with Gasteiger partial charge in [0, 0.05) is 28.3 Å². The third-order valence-corrected chi connectivity index (χ3v) is 5.63. The molecule has 0 atom stereocenters. The third kappa shape index (κ3) is 5.22. The quantitative estimate of drug-likeness (QED) is 0.349. The second-order valence-corrected chi connectivity index (χ2v) is 7.98. The van der Waals surface area contributed by atoms with Gasteiger partial charge in [-0.2, -0.15) is 0 Å². The molecule has 7 nitrogen and oxygen atoms in total. The molecule has 0 saturated heterocycles. The van der Waals surface area contributed by atoms with E-state index in [1.807, 2.05) is 28.8 Å². The Kier molecular flexibility index (Phi) is 7.53. The maximum Gasteiger partial charge on any atom is 0.234 e. The van der Waals surface area contributed by atoms with Gasteiger partial charge in [-0.1, -0.05) is 45.9 Å². The van der Waals surface area contributed by atoms with Crippen LogP contribution in [0.25, 0.3) is 11.4 Å². The average Bonchev–Trinajstić information content (AvgIpc) is 3.15. The number of hydrogen-bond donors (Lipinski definition) is 1. The topological polar surface area (TPSA) is 78.3 Å². The predicted octanol–water partition coefficient (Wildman–Crippen LogP) is 4.64. The molecule has 156 valence electrons. The lowest BCUT2D eigenvalue weighted by Crippen LogP contribution is -2.14. The van der Waals surface area contributed by atoms with Crippen molar-refractivity contribution in [3.8, 4) is 22.9 Å². The fraction of sp³-hybridized carbons (Fsp3) is 0.190. The molecule has 0 aliphatic carbocycles. The van der Waals surface area contributed by atoms with Gasteiger partial charge in [-0.05, 0) is 24.3 Å². The maximum atomic E-state index is 12.4. The van der Waals surface area contributed by atoms with Crippen LogP contribution in [-0.2, 0) is 11.3 Å². The molecule has 0 aliphatic rings. The molecule has 3 rings (SSSR count). The van der Waals surface area contributed by atoms with Gasteiger partial charge in [-0.3, -0.25) is 9.36 Å². The summed E-state index contributed by atoms with van der Waals surface area (Å²) in [6.07, 6.45) is 1.78. The standard InChI is InChI=1S/C21H21BrN4O3S/c1-4-11-26-20(14-5-7-15(22)8-6-14)24-25-21(26)30-13-19(27)23-16-9-10-17(28-2)18(12-16)29-3/h4-10,12H,1,11,13H2,2-3H3,(H,23,27). The summed E-state index contributed by atoms with van der Waals surface area (Å²) < 4.78 is 13.4. The van der Waals surface area contributed by atoms with Crippen LogP contribution >= 0.6 is 27.7 Å². The molecule has 9 heteroatoms. The molecular formula is C21H21BrN4O3S. The maximum absolute atomic E-state index is 12.4. The Morgan fingerprint density at radius 2 is 1.90 bits per heavy atom. The zero-order valence-electron chi connectivity index (χ0n) is 16.6. The largest absolute Gasteiger partial charge is 0.493 e. The van der Waals surface area contributed by atoms with Crippen molar-refractivity contribution >= 4 is 39.3 Å². The summed E-state index contributed by atoms with van der Waals surface area (Å²) in [5, 5.41) is 12.1. The number of rotatable bonds is 9. The number of ether oxygens (including phenoxy) is 2. The number of anilines is 1. The number of thioether (sulfide) groups is 1. The summed E-state index contributed by atoms with van der Waals surface area (Å²) >= 11 is 4.75. The van der Waals surface area contributed by atoms with Crippen molar-refractivity contribution in [2.24, 2.45) is 0 Å². The van der Waals surface area contributed by atoms with E-state index in [4.69, 9.17) is 9.47 Å². The smallest absolute Gasteiger partial charge is 0.234 e. The number of benzene rings is 2. The number of hydrogen-bond acceptors (Lipinski definition) is 6. The second-order valence-electron chi connectivity index (χ2n) is 6.12. The number of aromatic nitrogens is 3. The lowest BCUT2D eigenvalue weighted by Gasteiger charge is -2.11. The zero-order chi connectivity index (χ0) is 21.5. The van der Waals surface area contributed by atoms with Gasteiger partial charge in [0.05, 0.1) is 20.0 Å². The first-order chi connectivity index (χ1) is 14.5. The molecule has 1 N–H and O–H groups in total. The van der Waals surface area contributed by atoms with Gasteiger partial charge in [-0.25, -0.2) is 0 Å². The van der Waals surface area contributed by atoms with E-state index in [-0.39, 0.29) is 11.7 Å². The van der Waals surface area contributed by atoms with Crippen molar-refractivity contribution in [1.82, 2.24) is 14.8 Å². The number of allylic oxidation sites excluding steroid dienone is 1. The first kappa shape index (κ1) is 21.9. The highest BCUT2D eigenvalue weighted by molar-refractivity contribution is 9.10. The Balaban J connectivity index is 1.70. The first-order valence-electron chi connectivity index (χ1n) is 9.00. The zero-order valence-corrected chi connectivity index (χ0v) is 19.0. The molecule has 0 unspecified atom stereocenters. The summed E-state index contributed by atoms with van der Waals surface area (Å²) in [7, 11) is 3.11. The van der Waals surface area contributed by atoms with Crippen LogP contribution in [0.1, 0.15) is 0 Å². The van der Waals surface area contributed by atoms with Crippen molar-refractivity contribution < 1.29 is 14.3 Å². The minimum Gasteiger partial charge on any atom is -0.493 e. The lowest BCUT2D eigenvalue weighted by molar-refractivity contribution is -0.113.